The van der Waals surface area contributed by atoms with Gasteiger partial charge in [-0.3, -0.25) is 14.6 Å². The number of rotatable bonds is 6. The van der Waals surface area contributed by atoms with E-state index < -0.39 is 27.0 Å². The number of nitrogens with two attached hydrogens (primary N) is 1. The first-order valence-electron chi connectivity index (χ1n) is 10.0. The fraction of sp³-hybridized carbons (Fsp3) is 0.261. The number of carbonyl (C=O) groups excluding carboxylic acids is 1. The van der Waals surface area contributed by atoms with E-state index in [-0.39, 0.29) is 22.9 Å². The first-order valence-corrected chi connectivity index (χ1v) is 11.5. The highest BCUT2D eigenvalue weighted by atomic mass is 32.2. The van der Waals surface area contributed by atoms with Gasteiger partial charge in [-0.05, 0) is 57.5 Å². The van der Waals surface area contributed by atoms with Crippen LogP contribution in [0.15, 0.2) is 57.1 Å². The van der Waals surface area contributed by atoms with E-state index in [1.165, 1.54) is 22.8 Å². The summed E-state index contributed by atoms with van der Waals surface area (Å²) in [7, 11) is -3.98. The van der Waals surface area contributed by atoms with Crippen molar-refractivity contribution in [1.29, 1.82) is 0 Å². The standard InChI is InChI=1S/C23H26N4O4S/c1-14-5-9-19(10-6-14)32(30,31)20-11-16(3)27(23(29)22(20)24)13-21(28)25-12-18-8-7-15(2)26-17(18)4/h5-11H,12-13,24H2,1-4H3,(H,25,28). The molecular weight excluding hydrogens is 428 g/mol. The smallest absolute Gasteiger partial charge is 0.275 e. The number of benzene rings is 1. The van der Waals surface area contributed by atoms with Gasteiger partial charge >= 0.3 is 0 Å². The van der Waals surface area contributed by atoms with Crippen LogP contribution in [0.4, 0.5) is 5.69 Å². The molecule has 3 aromatic rings. The van der Waals surface area contributed by atoms with Crippen LogP contribution >= 0.6 is 0 Å². The summed E-state index contributed by atoms with van der Waals surface area (Å²) in [6.45, 7) is 7.14. The van der Waals surface area contributed by atoms with E-state index in [4.69, 9.17) is 5.73 Å². The molecule has 3 N–H and O–H groups in total. The maximum absolute atomic E-state index is 13.0. The highest BCUT2D eigenvalue weighted by Gasteiger charge is 2.24. The second-order valence-corrected chi connectivity index (χ2v) is 9.66. The summed E-state index contributed by atoms with van der Waals surface area (Å²) in [5.41, 5.74) is 8.58. The summed E-state index contributed by atoms with van der Waals surface area (Å²) < 4.78 is 27.2. The van der Waals surface area contributed by atoms with Gasteiger partial charge in [0.25, 0.3) is 5.56 Å². The molecule has 0 saturated carbocycles. The van der Waals surface area contributed by atoms with Crippen molar-refractivity contribution < 1.29 is 13.2 Å². The van der Waals surface area contributed by atoms with Crippen LogP contribution in [0, 0.1) is 27.7 Å². The lowest BCUT2D eigenvalue weighted by Gasteiger charge is -2.15. The van der Waals surface area contributed by atoms with Gasteiger partial charge in [-0.1, -0.05) is 23.8 Å². The molecule has 0 spiro atoms. The Morgan fingerprint density at radius 3 is 2.34 bits per heavy atom. The molecule has 9 heteroatoms. The van der Waals surface area contributed by atoms with Crippen molar-refractivity contribution in [3.8, 4) is 0 Å². The highest BCUT2D eigenvalue weighted by Crippen LogP contribution is 2.25. The number of carbonyl (C=O) groups is 1. The lowest BCUT2D eigenvalue weighted by Crippen LogP contribution is -2.35. The molecule has 3 rings (SSSR count). The normalized spacial score (nSPS) is 11.4. The van der Waals surface area contributed by atoms with Crippen molar-refractivity contribution >= 4 is 21.4 Å². The lowest BCUT2D eigenvalue weighted by molar-refractivity contribution is -0.121. The molecule has 1 amide bonds. The number of aryl methyl sites for hydroxylation is 4. The number of sulfone groups is 1. The van der Waals surface area contributed by atoms with Gasteiger partial charge in [-0.2, -0.15) is 0 Å². The van der Waals surface area contributed by atoms with Gasteiger partial charge in [0.1, 0.15) is 17.1 Å². The summed E-state index contributed by atoms with van der Waals surface area (Å²) in [4.78, 5) is 29.4. The summed E-state index contributed by atoms with van der Waals surface area (Å²) >= 11 is 0. The third-order valence-electron chi connectivity index (χ3n) is 5.24. The quantitative estimate of drug-likeness (QED) is 0.588. The predicted octanol–water partition coefficient (Wildman–Crippen LogP) is 2.21. The van der Waals surface area contributed by atoms with Gasteiger partial charge in [0.2, 0.25) is 15.7 Å². The number of hydrogen-bond donors (Lipinski definition) is 2. The van der Waals surface area contributed by atoms with Crippen LogP contribution in [-0.4, -0.2) is 23.9 Å². The van der Waals surface area contributed by atoms with Gasteiger partial charge in [0, 0.05) is 23.6 Å². The molecular formula is C23H26N4O4S. The Kier molecular flexibility index (Phi) is 6.50. The maximum Gasteiger partial charge on any atom is 0.275 e. The SMILES string of the molecule is Cc1ccc(S(=O)(=O)c2cc(C)n(CC(=O)NCc3ccc(C)nc3C)c(=O)c2N)cc1. The zero-order valence-corrected chi connectivity index (χ0v) is 19.3. The molecule has 0 aliphatic heterocycles. The number of anilines is 1. The molecule has 2 aromatic heterocycles. The zero-order chi connectivity index (χ0) is 23.6. The van der Waals surface area contributed by atoms with Crippen molar-refractivity contribution in [1.82, 2.24) is 14.9 Å². The molecule has 0 bridgehead atoms. The van der Waals surface area contributed by atoms with Gasteiger partial charge < -0.3 is 15.6 Å². The highest BCUT2D eigenvalue weighted by molar-refractivity contribution is 7.91. The van der Waals surface area contributed by atoms with Crippen LogP contribution in [0.25, 0.3) is 0 Å². The van der Waals surface area contributed by atoms with Crippen molar-refractivity contribution in [2.75, 3.05) is 5.73 Å². The fourth-order valence-electron chi connectivity index (χ4n) is 3.32. The van der Waals surface area contributed by atoms with E-state index in [2.05, 4.69) is 10.3 Å². The number of nitrogens with one attached hydrogen (secondary N) is 1. The van der Waals surface area contributed by atoms with E-state index >= 15 is 0 Å². The molecule has 1 aromatic carbocycles. The van der Waals surface area contributed by atoms with Crippen molar-refractivity contribution in [3.05, 3.63) is 81.0 Å². The molecule has 0 saturated heterocycles. The molecule has 0 fully saturated rings. The van der Waals surface area contributed by atoms with E-state index in [0.29, 0.717) is 5.69 Å². The summed E-state index contributed by atoms with van der Waals surface area (Å²) in [6.07, 6.45) is 0. The molecule has 32 heavy (non-hydrogen) atoms. The molecule has 2 heterocycles. The Bertz CT molecular complexity index is 1340. The molecule has 8 nitrogen and oxygen atoms in total. The Morgan fingerprint density at radius 2 is 1.72 bits per heavy atom. The first kappa shape index (κ1) is 23.2. The van der Waals surface area contributed by atoms with Crippen LogP contribution in [0.3, 0.4) is 0 Å². The van der Waals surface area contributed by atoms with E-state index in [1.54, 1.807) is 19.1 Å². The minimum atomic E-state index is -3.98. The Balaban J connectivity index is 1.84. The number of nitrogens with zero attached hydrogens (tertiary/aromatic N) is 2. The predicted molar refractivity (Wildman–Crippen MR) is 122 cm³/mol. The van der Waals surface area contributed by atoms with Gasteiger partial charge in [0.05, 0.1) is 4.90 Å². The number of amides is 1. The molecule has 168 valence electrons. The van der Waals surface area contributed by atoms with Crippen LogP contribution in [0.5, 0.6) is 0 Å². The monoisotopic (exact) mass is 454 g/mol. The third-order valence-corrected chi connectivity index (χ3v) is 7.05. The first-order chi connectivity index (χ1) is 15.0. The van der Waals surface area contributed by atoms with E-state index in [1.807, 2.05) is 32.9 Å². The molecule has 0 atom stereocenters. The lowest BCUT2D eigenvalue weighted by atomic mass is 10.2. The molecule has 0 unspecified atom stereocenters. The molecule has 0 aliphatic rings. The van der Waals surface area contributed by atoms with Crippen LogP contribution in [-0.2, 0) is 27.7 Å². The zero-order valence-electron chi connectivity index (χ0n) is 18.5. The van der Waals surface area contributed by atoms with Crippen LogP contribution in [0.1, 0.15) is 28.2 Å². The van der Waals surface area contributed by atoms with Gasteiger partial charge in [-0.15, -0.1) is 0 Å². The molecule has 0 aliphatic carbocycles. The summed E-state index contributed by atoms with van der Waals surface area (Å²) in [5.74, 6) is -0.399. The third kappa shape index (κ3) is 4.72. The average Bonchev–Trinajstić information content (AvgIpc) is 2.73. The summed E-state index contributed by atoms with van der Waals surface area (Å²) in [5, 5.41) is 2.76. The number of aromatic nitrogens is 2. The maximum atomic E-state index is 13.0. The topological polar surface area (TPSA) is 124 Å². The van der Waals surface area contributed by atoms with Crippen molar-refractivity contribution in [2.45, 2.75) is 50.6 Å². The second-order valence-electron chi connectivity index (χ2n) is 7.75. The average molecular weight is 455 g/mol. The van der Waals surface area contributed by atoms with E-state index in [9.17, 15) is 18.0 Å². The minimum absolute atomic E-state index is 0.0474. The number of pyridine rings is 2. The van der Waals surface area contributed by atoms with Crippen molar-refractivity contribution in [2.24, 2.45) is 0 Å². The number of nitrogen functional groups attached to an aromatic ring is 1. The Morgan fingerprint density at radius 1 is 1.06 bits per heavy atom. The van der Waals surface area contributed by atoms with Crippen LogP contribution in [0.2, 0.25) is 0 Å². The van der Waals surface area contributed by atoms with Gasteiger partial charge in [0.15, 0.2) is 0 Å². The Hall–Kier alpha value is -3.46. The van der Waals surface area contributed by atoms with E-state index in [0.717, 1.165) is 22.5 Å². The fourth-order valence-corrected chi connectivity index (χ4v) is 4.77. The van der Waals surface area contributed by atoms with Crippen molar-refractivity contribution in [3.63, 3.8) is 0 Å². The van der Waals surface area contributed by atoms with Gasteiger partial charge in [-0.25, -0.2) is 8.42 Å². The Labute approximate surface area is 187 Å². The number of hydrogen-bond acceptors (Lipinski definition) is 6. The minimum Gasteiger partial charge on any atom is -0.393 e. The summed E-state index contributed by atoms with van der Waals surface area (Å²) in [6, 6.07) is 11.4. The second kappa shape index (κ2) is 8.96. The van der Waals surface area contributed by atoms with Crippen LogP contribution < -0.4 is 16.6 Å². The largest absolute Gasteiger partial charge is 0.393 e. The molecule has 0 radical (unpaired) electrons.